The quantitative estimate of drug-likeness (QED) is 0.788. The second-order valence-corrected chi connectivity index (χ2v) is 7.40. The Morgan fingerprint density at radius 1 is 1.29 bits per heavy atom. The van der Waals surface area contributed by atoms with E-state index in [1.807, 2.05) is 0 Å². The minimum Gasteiger partial charge on any atom is -0.489 e. The van der Waals surface area contributed by atoms with Gasteiger partial charge >= 0.3 is 5.97 Å². The Labute approximate surface area is 163 Å². The molecule has 2 aliphatic rings. The van der Waals surface area contributed by atoms with Crippen molar-refractivity contribution in [1.82, 2.24) is 19.4 Å². The highest BCUT2D eigenvalue weighted by molar-refractivity contribution is 5.93. The van der Waals surface area contributed by atoms with Crippen LogP contribution in [-0.4, -0.2) is 51.7 Å². The molecule has 1 fully saturated rings. The van der Waals surface area contributed by atoms with Crippen molar-refractivity contribution in [2.24, 2.45) is 0 Å². The lowest BCUT2D eigenvalue weighted by molar-refractivity contribution is 0.0590. The van der Waals surface area contributed by atoms with Crippen LogP contribution in [0.15, 0.2) is 23.3 Å². The summed E-state index contributed by atoms with van der Waals surface area (Å²) in [6.45, 7) is 2.62. The molecule has 0 radical (unpaired) electrons. The number of rotatable bonds is 5. The van der Waals surface area contributed by atoms with Crippen LogP contribution in [0.1, 0.15) is 47.6 Å². The Hall–Kier alpha value is -2.61. The third-order valence-corrected chi connectivity index (χ3v) is 5.60. The van der Waals surface area contributed by atoms with Gasteiger partial charge < -0.3 is 19.0 Å². The lowest BCUT2D eigenvalue weighted by atomic mass is 10.1. The Morgan fingerprint density at radius 2 is 2.11 bits per heavy atom. The number of pyridine rings is 1. The number of carbonyl (C=O) groups is 1. The van der Waals surface area contributed by atoms with Gasteiger partial charge in [-0.25, -0.2) is 9.78 Å². The molecule has 8 nitrogen and oxygen atoms in total. The van der Waals surface area contributed by atoms with Crippen molar-refractivity contribution in [3.05, 3.63) is 45.9 Å². The summed E-state index contributed by atoms with van der Waals surface area (Å²) in [4.78, 5) is 35.0. The van der Waals surface area contributed by atoms with Crippen molar-refractivity contribution in [1.29, 1.82) is 0 Å². The fourth-order valence-electron chi connectivity index (χ4n) is 4.15. The van der Waals surface area contributed by atoms with E-state index in [-0.39, 0.29) is 11.7 Å². The topological polar surface area (TPSA) is 89.4 Å². The van der Waals surface area contributed by atoms with E-state index in [4.69, 9.17) is 9.47 Å². The lowest BCUT2D eigenvalue weighted by Gasteiger charge is -2.20. The van der Waals surface area contributed by atoms with Gasteiger partial charge in [-0.15, -0.1) is 0 Å². The minimum atomic E-state index is -0.448. The highest BCUT2D eigenvalue weighted by Gasteiger charge is 2.28. The van der Waals surface area contributed by atoms with Crippen molar-refractivity contribution in [3.63, 3.8) is 0 Å². The lowest BCUT2D eigenvalue weighted by Crippen LogP contribution is -2.29. The number of imidazole rings is 1. The number of aromatic amines is 1. The maximum absolute atomic E-state index is 12.8. The molecule has 150 valence electrons. The fourth-order valence-corrected chi connectivity index (χ4v) is 4.15. The van der Waals surface area contributed by atoms with Crippen LogP contribution in [0, 0.1) is 0 Å². The Morgan fingerprint density at radius 3 is 2.82 bits per heavy atom. The monoisotopic (exact) mass is 386 g/mol. The summed E-state index contributed by atoms with van der Waals surface area (Å²) in [5.41, 5.74) is 0.971. The van der Waals surface area contributed by atoms with Crippen LogP contribution in [0.5, 0.6) is 5.75 Å². The number of ether oxygens (including phenoxy) is 2. The zero-order chi connectivity index (χ0) is 19.5. The standard InChI is InChI=1S/C20H26N4O4/c1-27-20(26)19-15-6-9-23(13-17-21-7-8-22-17)10-11-24(15)18(25)12-16(19)28-14-4-2-3-5-14/h7-8,12,14H,2-6,9-11,13H2,1H3,(H,21,22). The van der Waals surface area contributed by atoms with Crippen LogP contribution in [0.25, 0.3) is 0 Å². The molecule has 0 bridgehead atoms. The highest BCUT2D eigenvalue weighted by Crippen LogP contribution is 2.29. The molecule has 0 spiro atoms. The third kappa shape index (κ3) is 3.82. The molecule has 0 saturated heterocycles. The summed E-state index contributed by atoms with van der Waals surface area (Å²) in [6.07, 6.45) is 8.30. The normalized spacial score (nSPS) is 17.9. The van der Waals surface area contributed by atoms with E-state index in [1.165, 1.54) is 13.2 Å². The minimum absolute atomic E-state index is 0.0621. The Bertz CT molecular complexity index is 884. The number of H-pyrrole nitrogens is 1. The van der Waals surface area contributed by atoms with Gasteiger partial charge in [0.15, 0.2) is 0 Å². The van der Waals surface area contributed by atoms with Crippen molar-refractivity contribution in [2.75, 3.05) is 20.2 Å². The van der Waals surface area contributed by atoms with E-state index in [2.05, 4.69) is 14.9 Å². The first-order valence-electron chi connectivity index (χ1n) is 9.88. The summed E-state index contributed by atoms with van der Waals surface area (Å²) >= 11 is 0. The van der Waals surface area contributed by atoms with E-state index in [9.17, 15) is 9.59 Å². The second kappa shape index (κ2) is 8.18. The summed E-state index contributed by atoms with van der Waals surface area (Å²) in [7, 11) is 1.36. The zero-order valence-corrected chi connectivity index (χ0v) is 16.1. The average molecular weight is 386 g/mol. The molecule has 1 aliphatic carbocycles. The number of hydrogen-bond donors (Lipinski definition) is 1. The number of nitrogens with zero attached hydrogens (tertiary/aromatic N) is 3. The van der Waals surface area contributed by atoms with Gasteiger partial charge in [-0.3, -0.25) is 9.69 Å². The van der Waals surface area contributed by atoms with Crippen LogP contribution in [-0.2, 0) is 24.2 Å². The predicted molar refractivity (Wildman–Crippen MR) is 102 cm³/mol. The number of fused-ring (bicyclic) bond motifs is 1. The number of methoxy groups -OCH3 is 1. The van der Waals surface area contributed by atoms with Crippen molar-refractivity contribution < 1.29 is 14.3 Å². The summed E-state index contributed by atoms with van der Waals surface area (Å²) in [5, 5.41) is 0. The van der Waals surface area contributed by atoms with E-state index < -0.39 is 5.97 Å². The van der Waals surface area contributed by atoms with Crippen molar-refractivity contribution in [2.45, 2.75) is 51.3 Å². The van der Waals surface area contributed by atoms with Gasteiger partial charge in [0.25, 0.3) is 5.56 Å². The maximum Gasteiger partial charge on any atom is 0.343 e. The molecular weight excluding hydrogens is 360 g/mol. The molecule has 0 atom stereocenters. The molecule has 28 heavy (non-hydrogen) atoms. The van der Waals surface area contributed by atoms with Crippen molar-refractivity contribution >= 4 is 5.97 Å². The Kier molecular flexibility index (Phi) is 5.47. The van der Waals surface area contributed by atoms with Crippen LogP contribution >= 0.6 is 0 Å². The molecule has 1 saturated carbocycles. The van der Waals surface area contributed by atoms with Crippen LogP contribution in [0.4, 0.5) is 0 Å². The fraction of sp³-hybridized carbons (Fsp3) is 0.550. The molecule has 2 aromatic rings. The maximum atomic E-state index is 12.8. The van der Waals surface area contributed by atoms with Crippen LogP contribution in [0.3, 0.4) is 0 Å². The molecule has 0 unspecified atom stereocenters. The van der Waals surface area contributed by atoms with Gasteiger partial charge in [0.1, 0.15) is 17.1 Å². The molecule has 8 heteroatoms. The summed E-state index contributed by atoms with van der Waals surface area (Å²) < 4.78 is 12.8. The first-order valence-corrected chi connectivity index (χ1v) is 9.88. The smallest absolute Gasteiger partial charge is 0.343 e. The largest absolute Gasteiger partial charge is 0.489 e. The van der Waals surface area contributed by atoms with Crippen molar-refractivity contribution in [3.8, 4) is 5.75 Å². The van der Waals surface area contributed by atoms with Gasteiger partial charge in [-0.2, -0.15) is 0 Å². The first kappa shape index (κ1) is 18.7. The molecule has 4 rings (SSSR count). The molecule has 0 amide bonds. The van der Waals surface area contributed by atoms with E-state index >= 15 is 0 Å². The van der Waals surface area contributed by atoms with Gasteiger partial charge in [0.05, 0.1) is 19.8 Å². The molecule has 1 aliphatic heterocycles. The molecule has 1 N–H and O–H groups in total. The van der Waals surface area contributed by atoms with E-state index in [1.54, 1.807) is 17.0 Å². The van der Waals surface area contributed by atoms with Gasteiger partial charge in [-0.1, -0.05) is 0 Å². The number of aromatic nitrogens is 3. The van der Waals surface area contributed by atoms with Crippen LogP contribution in [0.2, 0.25) is 0 Å². The number of nitrogens with one attached hydrogen (secondary N) is 1. The second-order valence-electron chi connectivity index (χ2n) is 7.40. The van der Waals surface area contributed by atoms with E-state index in [0.717, 1.165) is 38.1 Å². The summed E-state index contributed by atoms with van der Waals surface area (Å²) in [6, 6.07) is 1.45. The molecule has 2 aromatic heterocycles. The molecule has 0 aromatic carbocycles. The predicted octanol–water partition coefficient (Wildman–Crippen LogP) is 1.74. The highest BCUT2D eigenvalue weighted by atomic mass is 16.5. The first-order chi connectivity index (χ1) is 13.7. The molecular formula is C20H26N4O4. The van der Waals surface area contributed by atoms with E-state index in [0.29, 0.717) is 43.1 Å². The SMILES string of the molecule is COC(=O)c1c(OC2CCCC2)cc(=O)n2c1CCN(Cc1ncc[nH]1)CC2. The van der Waals surface area contributed by atoms with Gasteiger partial charge in [0, 0.05) is 50.2 Å². The van der Waals surface area contributed by atoms with Gasteiger partial charge in [-0.05, 0) is 25.7 Å². The number of carbonyl (C=O) groups excluding carboxylic acids is 1. The van der Waals surface area contributed by atoms with Gasteiger partial charge in [0.2, 0.25) is 0 Å². The number of esters is 1. The Balaban J connectivity index is 1.64. The molecule has 3 heterocycles. The summed E-state index contributed by atoms with van der Waals surface area (Å²) in [5.74, 6) is 0.808. The number of hydrogen-bond acceptors (Lipinski definition) is 6. The average Bonchev–Trinajstić information content (AvgIpc) is 3.34. The third-order valence-electron chi connectivity index (χ3n) is 5.60. The zero-order valence-electron chi connectivity index (χ0n) is 16.1. The van der Waals surface area contributed by atoms with Crippen LogP contribution < -0.4 is 10.3 Å².